The number of carbonyl (C=O) groups excluding carboxylic acids is 3. The first-order valence-corrected chi connectivity index (χ1v) is 12.0. The number of likely N-dealkylation sites (tertiary alicyclic amines) is 1. The standard InChI is InChI=1S/C29H27N3O4/c1-36-29(35)23-7-5-20(6-8-23)18-32-14-11-24-16-26(17-30-27(24)32)22-9-12-31(13-10-22)28(34)25-4-2-3-21(15-25)19-33/h2-8,11,14-17,19,22H,9-10,12-13,18H2,1H3. The molecule has 182 valence electrons. The molecule has 0 spiro atoms. The smallest absolute Gasteiger partial charge is 0.337 e. The molecule has 36 heavy (non-hydrogen) atoms. The SMILES string of the molecule is COC(=O)c1ccc(Cn2ccc3cc(C4CCN(C(=O)c5cccc(C=O)c5)CC4)cnc32)cc1. The van der Waals surface area contributed by atoms with Crippen LogP contribution >= 0.6 is 0 Å². The zero-order valence-corrected chi connectivity index (χ0v) is 20.1. The molecule has 3 heterocycles. The van der Waals surface area contributed by atoms with Gasteiger partial charge in [-0.05, 0) is 66.3 Å². The van der Waals surface area contributed by atoms with E-state index in [1.807, 2.05) is 29.4 Å². The van der Waals surface area contributed by atoms with Crippen molar-refractivity contribution < 1.29 is 19.1 Å². The number of esters is 1. The molecule has 0 unspecified atom stereocenters. The average molecular weight is 482 g/mol. The minimum atomic E-state index is -0.343. The number of ether oxygens (including phenoxy) is 1. The minimum Gasteiger partial charge on any atom is -0.465 e. The Hall–Kier alpha value is -4.26. The van der Waals surface area contributed by atoms with E-state index in [9.17, 15) is 14.4 Å². The maximum atomic E-state index is 12.9. The topological polar surface area (TPSA) is 81.5 Å². The number of pyridine rings is 1. The third-order valence-corrected chi connectivity index (χ3v) is 6.87. The van der Waals surface area contributed by atoms with Crippen LogP contribution in [0.5, 0.6) is 0 Å². The molecule has 1 aliphatic rings. The van der Waals surface area contributed by atoms with Gasteiger partial charge >= 0.3 is 5.97 Å². The number of fused-ring (bicyclic) bond motifs is 1. The number of hydrogen-bond donors (Lipinski definition) is 0. The monoisotopic (exact) mass is 481 g/mol. The second-order valence-corrected chi connectivity index (χ2v) is 9.12. The third-order valence-electron chi connectivity index (χ3n) is 6.87. The molecule has 1 saturated heterocycles. The molecule has 0 radical (unpaired) electrons. The van der Waals surface area contributed by atoms with E-state index < -0.39 is 0 Å². The van der Waals surface area contributed by atoms with Crippen LogP contribution in [0, 0.1) is 0 Å². The van der Waals surface area contributed by atoms with Gasteiger partial charge in [0.15, 0.2) is 0 Å². The van der Waals surface area contributed by atoms with Gasteiger partial charge in [-0.25, -0.2) is 9.78 Å². The minimum absolute atomic E-state index is 0.0255. The van der Waals surface area contributed by atoms with Crippen LogP contribution in [0.2, 0.25) is 0 Å². The van der Waals surface area contributed by atoms with E-state index in [0.717, 1.165) is 35.7 Å². The maximum Gasteiger partial charge on any atom is 0.337 e. The Balaban J connectivity index is 1.24. The van der Waals surface area contributed by atoms with Crippen molar-refractivity contribution in [2.24, 2.45) is 0 Å². The van der Waals surface area contributed by atoms with Crippen molar-refractivity contribution in [2.45, 2.75) is 25.3 Å². The molecule has 5 rings (SSSR count). The van der Waals surface area contributed by atoms with Crippen molar-refractivity contribution in [1.29, 1.82) is 0 Å². The van der Waals surface area contributed by atoms with Crippen LogP contribution in [0.1, 0.15) is 61.0 Å². The highest BCUT2D eigenvalue weighted by molar-refractivity contribution is 5.95. The number of hydrogen-bond acceptors (Lipinski definition) is 5. The van der Waals surface area contributed by atoms with Gasteiger partial charge in [0.1, 0.15) is 11.9 Å². The molecule has 1 fully saturated rings. The second kappa shape index (κ2) is 10.2. The number of amides is 1. The summed E-state index contributed by atoms with van der Waals surface area (Å²) in [5.41, 5.74) is 4.78. The van der Waals surface area contributed by atoms with Crippen LogP contribution in [-0.4, -0.2) is 52.8 Å². The summed E-state index contributed by atoms with van der Waals surface area (Å²) in [6.07, 6.45) is 6.50. The van der Waals surface area contributed by atoms with Gasteiger partial charge in [-0.3, -0.25) is 9.59 Å². The van der Waals surface area contributed by atoms with Crippen LogP contribution in [0.25, 0.3) is 11.0 Å². The fourth-order valence-electron chi connectivity index (χ4n) is 4.85. The summed E-state index contributed by atoms with van der Waals surface area (Å²) >= 11 is 0. The summed E-state index contributed by atoms with van der Waals surface area (Å²) in [7, 11) is 1.38. The van der Waals surface area contributed by atoms with Gasteiger partial charge in [-0.15, -0.1) is 0 Å². The number of rotatable bonds is 6. The zero-order valence-electron chi connectivity index (χ0n) is 20.1. The molecule has 0 atom stereocenters. The Labute approximate surface area is 209 Å². The van der Waals surface area contributed by atoms with Crippen molar-refractivity contribution in [3.05, 3.63) is 101 Å². The van der Waals surface area contributed by atoms with Crippen LogP contribution in [0.15, 0.2) is 73.1 Å². The molecule has 1 aliphatic heterocycles. The Morgan fingerprint density at radius 2 is 1.81 bits per heavy atom. The number of nitrogens with zero attached hydrogens (tertiary/aromatic N) is 3. The molecule has 0 N–H and O–H groups in total. The molecule has 0 saturated carbocycles. The number of benzene rings is 2. The Kier molecular flexibility index (Phi) is 6.62. The van der Waals surface area contributed by atoms with Crippen molar-refractivity contribution in [1.82, 2.24) is 14.5 Å². The number of aromatic nitrogens is 2. The van der Waals surface area contributed by atoms with Crippen LogP contribution in [0.4, 0.5) is 0 Å². The van der Waals surface area contributed by atoms with E-state index in [2.05, 4.69) is 16.7 Å². The summed E-state index contributed by atoms with van der Waals surface area (Å²) in [5, 5.41) is 1.09. The second-order valence-electron chi connectivity index (χ2n) is 9.12. The first-order chi connectivity index (χ1) is 17.6. The summed E-state index contributed by atoms with van der Waals surface area (Å²) in [6.45, 7) is 2.01. The average Bonchev–Trinajstić information content (AvgIpc) is 3.34. The summed E-state index contributed by atoms with van der Waals surface area (Å²) in [6, 6.07) is 18.5. The largest absolute Gasteiger partial charge is 0.465 e. The summed E-state index contributed by atoms with van der Waals surface area (Å²) < 4.78 is 6.86. The Bertz CT molecular complexity index is 1420. The van der Waals surface area contributed by atoms with E-state index >= 15 is 0 Å². The third kappa shape index (κ3) is 4.77. The molecule has 4 aromatic rings. The van der Waals surface area contributed by atoms with Crippen molar-refractivity contribution in [3.63, 3.8) is 0 Å². The first kappa shape index (κ1) is 23.5. The van der Waals surface area contributed by atoms with Crippen LogP contribution in [0.3, 0.4) is 0 Å². The maximum absolute atomic E-state index is 12.9. The number of piperidine rings is 1. The van der Waals surface area contributed by atoms with Crippen molar-refractivity contribution >= 4 is 29.2 Å². The molecule has 0 bridgehead atoms. The van der Waals surface area contributed by atoms with Crippen LogP contribution in [-0.2, 0) is 11.3 Å². The van der Waals surface area contributed by atoms with E-state index in [0.29, 0.717) is 42.2 Å². The normalized spacial score (nSPS) is 14.1. The lowest BCUT2D eigenvalue weighted by atomic mass is 9.90. The van der Waals surface area contributed by atoms with Gasteiger partial charge in [0.05, 0.1) is 12.7 Å². The first-order valence-electron chi connectivity index (χ1n) is 12.0. The highest BCUT2D eigenvalue weighted by atomic mass is 16.5. The number of carbonyl (C=O) groups is 3. The van der Waals surface area contributed by atoms with Crippen molar-refractivity contribution in [2.75, 3.05) is 20.2 Å². The lowest BCUT2D eigenvalue weighted by molar-refractivity contribution is 0.0600. The lowest BCUT2D eigenvalue weighted by Crippen LogP contribution is -2.38. The highest BCUT2D eigenvalue weighted by Gasteiger charge is 2.25. The van der Waals surface area contributed by atoms with Gasteiger partial charge in [-0.2, -0.15) is 0 Å². The quantitative estimate of drug-likeness (QED) is 0.294. The van der Waals surface area contributed by atoms with Gasteiger partial charge in [0.25, 0.3) is 5.91 Å². The van der Waals surface area contributed by atoms with Gasteiger partial charge in [0.2, 0.25) is 0 Å². The Morgan fingerprint density at radius 1 is 1.03 bits per heavy atom. The molecule has 0 aliphatic carbocycles. The molecule has 7 nitrogen and oxygen atoms in total. The van der Waals surface area contributed by atoms with E-state index in [-0.39, 0.29) is 11.9 Å². The lowest BCUT2D eigenvalue weighted by Gasteiger charge is -2.32. The molecule has 2 aromatic heterocycles. The molecular weight excluding hydrogens is 454 g/mol. The molecular formula is C29H27N3O4. The number of methoxy groups -OCH3 is 1. The predicted molar refractivity (Wildman–Crippen MR) is 136 cm³/mol. The van der Waals surface area contributed by atoms with Crippen LogP contribution < -0.4 is 0 Å². The number of aldehydes is 1. The van der Waals surface area contributed by atoms with Crippen molar-refractivity contribution in [3.8, 4) is 0 Å². The van der Waals surface area contributed by atoms with Gasteiger partial charge < -0.3 is 14.2 Å². The highest BCUT2D eigenvalue weighted by Crippen LogP contribution is 2.30. The predicted octanol–water partition coefficient (Wildman–Crippen LogP) is 4.70. The van der Waals surface area contributed by atoms with Gasteiger partial charge in [-0.1, -0.05) is 24.3 Å². The van der Waals surface area contributed by atoms with Gasteiger partial charge in [0, 0.05) is 48.5 Å². The summed E-state index contributed by atoms with van der Waals surface area (Å²) in [5.74, 6) is -0.0200. The fourth-order valence-corrected chi connectivity index (χ4v) is 4.85. The van der Waals surface area contributed by atoms with E-state index in [4.69, 9.17) is 9.72 Å². The van der Waals surface area contributed by atoms with E-state index in [1.54, 1.807) is 36.4 Å². The van der Waals surface area contributed by atoms with E-state index in [1.165, 1.54) is 12.7 Å². The summed E-state index contributed by atoms with van der Waals surface area (Å²) in [4.78, 5) is 42.2. The zero-order chi connectivity index (χ0) is 25.1. The molecule has 7 heteroatoms. The fraction of sp³-hybridized carbons (Fsp3) is 0.241. The Morgan fingerprint density at radius 3 is 2.53 bits per heavy atom. The molecule has 2 aromatic carbocycles. The molecule has 1 amide bonds.